The van der Waals surface area contributed by atoms with Gasteiger partial charge in [-0.3, -0.25) is 9.69 Å². The molecule has 1 aromatic rings. The molecule has 5 nitrogen and oxygen atoms in total. The molecule has 0 bridgehead atoms. The number of hydrogen-bond donors (Lipinski definition) is 0. The Morgan fingerprint density at radius 3 is 2.73 bits per heavy atom. The van der Waals surface area contributed by atoms with Gasteiger partial charge in [0.2, 0.25) is 5.91 Å². The van der Waals surface area contributed by atoms with Crippen LogP contribution in [-0.4, -0.2) is 47.0 Å². The van der Waals surface area contributed by atoms with E-state index in [2.05, 4.69) is 21.0 Å². The third kappa shape index (κ3) is 3.05. The molecule has 1 amide bonds. The van der Waals surface area contributed by atoms with Crippen molar-refractivity contribution in [3.05, 3.63) is 17.5 Å². The van der Waals surface area contributed by atoms with Crippen LogP contribution in [-0.2, 0) is 11.3 Å². The lowest BCUT2D eigenvalue weighted by molar-refractivity contribution is -0.138. The van der Waals surface area contributed by atoms with Gasteiger partial charge >= 0.3 is 0 Å². The van der Waals surface area contributed by atoms with Crippen molar-refractivity contribution in [3.8, 4) is 0 Å². The van der Waals surface area contributed by atoms with Crippen molar-refractivity contribution in [2.45, 2.75) is 51.0 Å². The van der Waals surface area contributed by atoms with Gasteiger partial charge in [-0.2, -0.15) is 0 Å². The molecule has 1 aliphatic heterocycles. The van der Waals surface area contributed by atoms with Gasteiger partial charge in [0.25, 0.3) is 0 Å². The summed E-state index contributed by atoms with van der Waals surface area (Å²) in [5, 5.41) is 4.21. The summed E-state index contributed by atoms with van der Waals surface area (Å²) < 4.78 is 5.43. The van der Waals surface area contributed by atoms with Gasteiger partial charge in [-0.25, -0.2) is 0 Å². The minimum atomic E-state index is 0.322. The zero-order valence-electron chi connectivity index (χ0n) is 13.2. The smallest absolute Gasteiger partial charge is 0.225 e. The van der Waals surface area contributed by atoms with Crippen molar-refractivity contribution >= 4 is 5.91 Å². The molecule has 5 heteroatoms. The second-order valence-corrected chi connectivity index (χ2v) is 7.08. The first kappa shape index (κ1) is 14.2. The largest absolute Gasteiger partial charge is 0.361 e. The van der Waals surface area contributed by atoms with Crippen LogP contribution in [0.3, 0.4) is 0 Å². The molecule has 2 aliphatic carbocycles. The fourth-order valence-electron chi connectivity index (χ4n) is 3.45. The Bertz CT molecular complexity index is 534. The summed E-state index contributed by atoms with van der Waals surface area (Å²) in [6.45, 7) is 4.62. The number of rotatable bonds is 4. The predicted octanol–water partition coefficient (Wildman–Crippen LogP) is 2.39. The minimum Gasteiger partial charge on any atom is -0.361 e. The van der Waals surface area contributed by atoms with Crippen molar-refractivity contribution < 1.29 is 9.32 Å². The fourth-order valence-corrected chi connectivity index (χ4v) is 3.45. The van der Waals surface area contributed by atoms with Crippen LogP contribution >= 0.6 is 0 Å². The van der Waals surface area contributed by atoms with Gasteiger partial charge in [-0.15, -0.1) is 0 Å². The number of amides is 1. The predicted molar refractivity (Wildman–Crippen MR) is 82.3 cm³/mol. The number of aromatic nitrogens is 1. The average molecular weight is 303 g/mol. The number of carbonyl (C=O) groups excluding carboxylic acids is 1. The van der Waals surface area contributed by atoms with Crippen LogP contribution in [0.25, 0.3) is 0 Å². The van der Waals surface area contributed by atoms with Gasteiger partial charge in [0.1, 0.15) is 5.76 Å². The van der Waals surface area contributed by atoms with E-state index in [-0.39, 0.29) is 0 Å². The van der Waals surface area contributed by atoms with E-state index < -0.39 is 0 Å². The van der Waals surface area contributed by atoms with Crippen molar-refractivity contribution in [1.82, 2.24) is 15.0 Å². The quantitative estimate of drug-likeness (QED) is 0.857. The summed E-state index contributed by atoms with van der Waals surface area (Å²) in [7, 11) is 0. The van der Waals surface area contributed by atoms with Crippen molar-refractivity contribution in [1.29, 1.82) is 0 Å². The molecule has 0 radical (unpaired) electrons. The molecule has 0 N–H and O–H groups in total. The molecule has 2 saturated carbocycles. The van der Waals surface area contributed by atoms with Gasteiger partial charge in [-0.1, -0.05) is 11.6 Å². The average Bonchev–Trinajstić information content (AvgIpc) is 3.23. The van der Waals surface area contributed by atoms with E-state index in [1.807, 2.05) is 0 Å². The molecule has 22 heavy (non-hydrogen) atoms. The minimum absolute atomic E-state index is 0.322. The number of nitrogens with zero attached hydrogens (tertiary/aromatic N) is 3. The highest BCUT2D eigenvalue weighted by Crippen LogP contribution is 2.40. The topological polar surface area (TPSA) is 49.6 Å². The zero-order chi connectivity index (χ0) is 14.9. The lowest BCUT2D eigenvalue weighted by atomic mass is 9.84. The maximum absolute atomic E-state index is 12.4. The maximum atomic E-state index is 12.4. The Labute approximate surface area is 131 Å². The molecule has 3 aliphatic rings. The fraction of sp³-hybridized carbons (Fsp3) is 0.765. The third-order valence-corrected chi connectivity index (χ3v) is 5.30. The Morgan fingerprint density at radius 1 is 1.14 bits per heavy atom. The first-order chi connectivity index (χ1) is 10.8. The van der Waals surface area contributed by atoms with Crippen LogP contribution in [0.2, 0.25) is 0 Å². The highest BCUT2D eigenvalue weighted by atomic mass is 16.5. The number of carbonyl (C=O) groups is 1. The molecule has 1 saturated heterocycles. The van der Waals surface area contributed by atoms with Crippen molar-refractivity contribution in [2.24, 2.45) is 5.92 Å². The lowest BCUT2D eigenvalue weighted by Gasteiger charge is -2.31. The van der Waals surface area contributed by atoms with Crippen LogP contribution in [0.1, 0.15) is 55.9 Å². The molecule has 4 rings (SSSR count). The summed E-state index contributed by atoms with van der Waals surface area (Å²) in [6.07, 6.45) is 6.98. The van der Waals surface area contributed by atoms with E-state index in [9.17, 15) is 4.79 Å². The molecule has 1 aromatic heterocycles. The molecular weight excluding hydrogens is 278 g/mol. The molecule has 3 fully saturated rings. The molecule has 120 valence electrons. The van der Waals surface area contributed by atoms with Gasteiger partial charge in [0.05, 0.1) is 5.69 Å². The molecular formula is C17H25N3O2. The van der Waals surface area contributed by atoms with Crippen molar-refractivity contribution in [3.63, 3.8) is 0 Å². The Balaban J connectivity index is 1.30. The summed E-state index contributed by atoms with van der Waals surface area (Å²) in [4.78, 5) is 16.9. The van der Waals surface area contributed by atoms with Crippen LogP contribution < -0.4 is 0 Å². The third-order valence-electron chi connectivity index (χ3n) is 5.30. The molecule has 2 heterocycles. The molecule has 0 spiro atoms. The highest BCUT2D eigenvalue weighted by molar-refractivity contribution is 5.79. The summed E-state index contributed by atoms with van der Waals surface area (Å²) in [5.41, 5.74) is 1.04. The van der Waals surface area contributed by atoms with Crippen molar-refractivity contribution in [2.75, 3.05) is 26.2 Å². The maximum Gasteiger partial charge on any atom is 0.225 e. The Kier molecular flexibility index (Phi) is 3.90. The lowest BCUT2D eigenvalue weighted by Crippen LogP contribution is -2.41. The molecule has 0 atom stereocenters. The van der Waals surface area contributed by atoms with E-state index in [0.717, 1.165) is 63.4 Å². The Morgan fingerprint density at radius 2 is 2.00 bits per heavy atom. The second-order valence-electron chi connectivity index (χ2n) is 7.08. The van der Waals surface area contributed by atoms with E-state index in [0.29, 0.717) is 17.7 Å². The molecule has 0 aromatic carbocycles. The first-order valence-electron chi connectivity index (χ1n) is 8.76. The summed E-state index contributed by atoms with van der Waals surface area (Å²) in [5.74, 6) is 2.40. The van der Waals surface area contributed by atoms with Crippen LogP contribution in [0.5, 0.6) is 0 Å². The SMILES string of the molecule is O=C(C1CCC1)N1CCCN(Cc2cc(C3CC3)on2)CC1. The summed E-state index contributed by atoms with van der Waals surface area (Å²) in [6, 6.07) is 2.12. The van der Waals surface area contributed by atoms with Gasteiger partial charge < -0.3 is 9.42 Å². The monoisotopic (exact) mass is 303 g/mol. The van der Waals surface area contributed by atoms with Crippen LogP contribution in [0.4, 0.5) is 0 Å². The van der Waals surface area contributed by atoms with Gasteiger partial charge in [0, 0.05) is 50.6 Å². The zero-order valence-corrected chi connectivity index (χ0v) is 13.2. The Hall–Kier alpha value is -1.36. The number of hydrogen-bond acceptors (Lipinski definition) is 4. The molecule has 0 unspecified atom stereocenters. The van der Waals surface area contributed by atoms with E-state index in [4.69, 9.17) is 4.52 Å². The second kappa shape index (κ2) is 6.03. The van der Waals surface area contributed by atoms with E-state index in [1.165, 1.54) is 19.3 Å². The standard InChI is InChI=1S/C17H25N3O2/c21-17(14-3-1-4-14)20-8-2-7-19(9-10-20)12-15-11-16(22-18-15)13-5-6-13/h11,13-14H,1-10,12H2. The summed E-state index contributed by atoms with van der Waals surface area (Å²) >= 11 is 0. The van der Waals surface area contributed by atoms with Gasteiger partial charge in [0.15, 0.2) is 0 Å². The normalized spacial score (nSPS) is 24.1. The van der Waals surface area contributed by atoms with Crippen LogP contribution in [0, 0.1) is 5.92 Å². The van der Waals surface area contributed by atoms with E-state index >= 15 is 0 Å². The van der Waals surface area contributed by atoms with Gasteiger partial charge in [-0.05, 0) is 32.1 Å². The first-order valence-corrected chi connectivity index (χ1v) is 8.76. The van der Waals surface area contributed by atoms with E-state index in [1.54, 1.807) is 0 Å². The van der Waals surface area contributed by atoms with Crippen LogP contribution in [0.15, 0.2) is 10.6 Å². The highest BCUT2D eigenvalue weighted by Gasteiger charge is 2.31.